The number of aromatic nitrogens is 3. The molecule has 1 unspecified atom stereocenters. The number of hydrogen-bond donors (Lipinski definition) is 1. The minimum atomic E-state index is -4.64. The topological polar surface area (TPSA) is 104 Å². The molecule has 0 aliphatic heterocycles. The van der Waals surface area contributed by atoms with Crippen molar-refractivity contribution in [3.05, 3.63) is 58.5 Å². The molecule has 1 aromatic carbocycles. The number of halogens is 5. The van der Waals surface area contributed by atoms with Gasteiger partial charge in [-0.3, -0.25) is 4.98 Å². The first kappa shape index (κ1) is 25.8. The van der Waals surface area contributed by atoms with Gasteiger partial charge in [0.2, 0.25) is 5.75 Å². The Morgan fingerprint density at radius 1 is 1.35 bits per heavy atom. The Labute approximate surface area is 204 Å². The van der Waals surface area contributed by atoms with Gasteiger partial charge >= 0.3 is 12.1 Å². The molecular weight excluding hydrogens is 518 g/mol. The van der Waals surface area contributed by atoms with Crippen molar-refractivity contribution in [1.82, 2.24) is 14.8 Å². The Morgan fingerprint density at radius 2 is 2.12 bits per heavy atom. The minimum Gasteiger partial charge on any atom is -0.611 e. The molecule has 0 aliphatic carbocycles. The molecule has 3 aromatic rings. The first-order valence-corrected chi connectivity index (χ1v) is 11.6. The van der Waals surface area contributed by atoms with E-state index in [1.54, 1.807) is 25.3 Å². The second-order valence-corrected chi connectivity index (χ2v) is 8.75. The molecule has 0 radical (unpaired) electrons. The zero-order valence-electron chi connectivity index (χ0n) is 17.3. The summed E-state index contributed by atoms with van der Waals surface area (Å²) in [5.74, 6) is -2.21. The van der Waals surface area contributed by atoms with Gasteiger partial charge in [0.05, 0.1) is 40.6 Å². The molecule has 34 heavy (non-hydrogen) atoms. The lowest BCUT2D eigenvalue weighted by Gasteiger charge is -2.15. The fourth-order valence-electron chi connectivity index (χ4n) is 2.64. The van der Waals surface area contributed by atoms with E-state index in [9.17, 15) is 22.5 Å². The van der Waals surface area contributed by atoms with Gasteiger partial charge in [-0.1, -0.05) is 23.2 Å². The quantitative estimate of drug-likeness (QED) is 0.185. The lowest BCUT2D eigenvalue weighted by atomic mass is 10.3. The number of benzene rings is 1. The van der Waals surface area contributed by atoms with E-state index >= 15 is 0 Å². The first-order chi connectivity index (χ1) is 16.1. The summed E-state index contributed by atoms with van der Waals surface area (Å²) in [4.78, 5) is 20.2. The summed E-state index contributed by atoms with van der Waals surface area (Å²) >= 11 is 9.59. The number of carbonyl (C=O) groups excluding carboxylic acids is 1. The smallest absolute Gasteiger partial charge is 0.433 e. The van der Waals surface area contributed by atoms with Crippen LogP contribution in [0.2, 0.25) is 10.0 Å². The molecule has 2 aromatic heterocycles. The molecular formula is C20H16Cl2F3N5O3S. The second kappa shape index (κ2) is 11.1. The Morgan fingerprint density at radius 3 is 2.76 bits per heavy atom. The Balaban J connectivity index is 1.88. The van der Waals surface area contributed by atoms with E-state index < -0.39 is 29.1 Å². The van der Waals surface area contributed by atoms with E-state index in [-0.39, 0.29) is 38.6 Å². The molecule has 1 N–H and O–H groups in total. The SMILES string of the molecule is CCOC(=O)c1cn(-c2cccnc2)nc1/N=C\Nc1cc([S+]([O-])CC(F)(F)F)c(Cl)cc1Cl. The number of anilines is 1. The third kappa shape index (κ3) is 6.63. The molecule has 14 heteroatoms. The number of carbonyl (C=O) groups is 1. The Kier molecular flexibility index (Phi) is 8.42. The zero-order chi connectivity index (χ0) is 24.9. The molecule has 1 atom stereocenters. The number of nitrogens with one attached hydrogen (secondary N) is 1. The monoisotopic (exact) mass is 533 g/mol. The van der Waals surface area contributed by atoms with Crippen LogP contribution in [-0.2, 0) is 15.9 Å². The molecule has 0 amide bonds. The molecule has 0 spiro atoms. The van der Waals surface area contributed by atoms with Gasteiger partial charge in [-0.15, -0.1) is 5.10 Å². The van der Waals surface area contributed by atoms with Crippen molar-refractivity contribution in [2.75, 3.05) is 17.7 Å². The number of rotatable bonds is 8. The first-order valence-electron chi connectivity index (χ1n) is 9.49. The molecule has 3 rings (SSSR count). The van der Waals surface area contributed by atoms with Gasteiger partial charge in [0.1, 0.15) is 5.56 Å². The number of esters is 1. The van der Waals surface area contributed by atoms with Crippen LogP contribution in [0.15, 0.2) is 52.7 Å². The third-order valence-corrected chi connectivity index (χ3v) is 6.22. The maximum atomic E-state index is 12.6. The van der Waals surface area contributed by atoms with Crippen LogP contribution in [0, 0.1) is 0 Å². The van der Waals surface area contributed by atoms with Gasteiger partial charge in [-0.25, -0.2) is 14.5 Å². The third-order valence-electron chi connectivity index (χ3n) is 4.07. The van der Waals surface area contributed by atoms with E-state index in [4.69, 9.17) is 27.9 Å². The van der Waals surface area contributed by atoms with Crippen LogP contribution in [0.4, 0.5) is 24.7 Å². The molecule has 0 bridgehead atoms. The molecule has 8 nitrogen and oxygen atoms in total. The largest absolute Gasteiger partial charge is 0.611 e. The van der Waals surface area contributed by atoms with Crippen LogP contribution in [0.5, 0.6) is 0 Å². The minimum absolute atomic E-state index is 0.000704. The zero-order valence-corrected chi connectivity index (χ0v) is 19.7. The lowest BCUT2D eigenvalue weighted by molar-refractivity contribution is -0.106. The van der Waals surface area contributed by atoms with Crippen molar-refractivity contribution >= 4 is 58.2 Å². The van der Waals surface area contributed by atoms with Gasteiger partial charge in [0, 0.05) is 18.5 Å². The standard InChI is InChI=1S/C20H16Cl2F3N5O3S/c1-2-33-19(31)13-9-30(12-4-3-5-26-8-12)29-18(13)28-11-27-16-7-17(15(22)6-14(16)21)34(32)10-20(23,24)25/h3-9,11H,2,10H2,1H3,(H,27,28,29). The van der Waals surface area contributed by atoms with Crippen molar-refractivity contribution < 1.29 is 27.3 Å². The molecule has 0 fully saturated rings. The van der Waals surface area contributed by atoms with E-state index in [2.05, 4.69) is 20.4 Å². The summed E-state index contributed by atoms with van der Waals surface area (Å²) < 4.78 is 56.4. The number of pyridine rings is 1. The van der Waals surface area contributed by atoms with Crippen LogP contribution >= 0.6 is 23.2 Å². The van der Waals surface area contributed by atoms with E-state index in [0.717, 1.165) is 12.4 Å². The Hall–Kier alpha value is -2.80. The second-order valence-electron chi connectivity index (χ2n) is 6.51. The summed E-state index contributed by atoms with van der Waals surface area (Å²) in [5, 5.41) is 6.81. The highest BCUT2D eigenvalue weighted by Crippen LogP contribution is 2.34. The highest BCUT2D eigenvalue weighted by Gasteiger charge is 2.36. The maximum absolute atomic E-state index is 12.6. The van der Waals surface area contributed by atoms with Crippen LogP contribution < -0.4 is 5.32 Å². The van der Waals surface area contributed by atoms with E-state index in [1.807, 2.05) is 0 Å². The van der Waals surface area contributed by atoms with Crippen molar-refractivity contribution in [2.45, 2.75) is 18.0 Å². The normalized spacial score (nSPS) is 12.7. The highest BCUT2D eigenvalue weighted by atomic mass is 35.5. The average Bonchev–Trinajstić information content (AvgIpc) is 3.19. The molecule has 0 aliphatic rings. The summed E-state index contributed by atoms with van der Waals surface area (Å²) in [5.41, 5.74) is 0.739. The van der Waals surface area contributed by atoms with Gasteiger partial charge in [-0.2, -0.15) is 13.2 Å². The predicted molar refractivity (Wildman–Crippen MR) is 123 cm³/mol. The van der Waals surface area contributed by atoms with Crippen molar-refractivity contribution in [3.63, 3.8) is 0 Å². The molecule has 0 saturated carbocycles. The van der Waals surface area contributed by atoms with Gasteiger partial charge in [0.15, 0.2) is 10.7 Å². The average molecular weight is 534 g/mol. The van der Waals surface area contributed by atoms with Gasteiger partial charge in [0.25, 0.3) is 0 Å². The number of hydrogen-bond acceptors (Lipinski definition) is 6. The summed E-state index contributed by atoms with van der Waals surface area (Å²) in [6.07, 6.45) is 1.02. The number of nitrogens with zero attached hydrogens (tertiary/aromatic N) is 4. The van der Waals surface area contributed by atoms with Crippen LogP contribution in [0.3, 0.4) is 0 Å². The highest BCUT2D eigenvalue weighted by molar-refractivity contribution is 7.91. The fraction of sp³-hybridized carbons (Fsp3) is 0.200. The summed E-state index contributed by atoms with van der Waals surface area (Å²) in [6, 6.07) is 5.72. The molecule has 2 heterocycles. The number of aliphatic imine (C=N–C) groups is 1. The number of alkyl halides is 3. The van der Waals surface area contributed by atoms with Crippen molar-refractivity contribution in [1.29, 1.82) is 0 Å². The fourth-order valence-corrected chi connectivity index (χ4v) is 4.31. The van der Waals surface area contributed by atoms with E-state index in [0.29, 0.717) is 5.69 Å². The summed E-state index contributed by atoms with van der Waals surface area (Å²) in [6.45, 7) is 1.79. The predicted octanol–water partition coefficient (Wildman–Crippen LogP) is 5.19. The van der Waals surface area contributed by atoms with Crippen molar-refractivity contribution in [2.24, 2.45) is 4.99 Å². The maximum Gasteiger partial charge on any atom is 0.433 e. The van der Waals surface area contributed by atoms with Crippen molar-refractivity contribution in [3.8, 4) is 5.69 Å². The summed E-state index contributed by atoms with van der Waals surface area (Å²) in [7, 11) is 0. The van der Waals surface area contributed by atoms with Crippen LogP contribution in [0.1, 0.15) is 17.3 Å². The van der Waals surface area contributed by atoms with Gasteiger partial charge in [-0.05, 0) is 36.3 Å². The number of ether oxygens (including phenoxy) is 1. The van der Waals surface area contributed by atoms with Gasteiger partial charge < -0.3 is 14.6 Å². The Bertz CT molecular complexity index is 1190. The lowest BCUT2D eigenvalue weighted by Crippen LogP contribution is -2.23. The van der Waals surface area contributed by atoms with E-state index in [1.165, 1.54) is 23.1 Å². The van der Waals surface area contributed by atoms with Crippen LogP contribution in [0.25, 0.3) is 5.69 Å². The molecule has 180 valence electrons. The molecule has 0 saturated heterocycles. The van der Waals surface area contributed by atoms with Crippen LogP contribution in [-0.4, -0.2) is 50.2 Å².